The van der Waals surface area contributed by atoms with Crippen LogP contribution in [0.4, 0.5) is 0 Å². The lowest BCUT2D eigenvalue weighted by Gasteiger charge is -2.28. The molecule has 0 aromatic heterocycles. The fraction of sp³-hybridized carbons (Fsp3) is 0.439. The lowest BCUT2D eigenvalue weighted by Crippen LogP contribution is -2.56. The van der Waals surface area contributed by atoms with Gasteiger partial charge in [-0.15, -0.1) is 0 Å². The number of benzene rings is 3. The highest BCUT2D eigenvalue weighted by Crippen LogP contribution is 2.20. The molecule has 4 N–H and O–H groups in total. The standard InChI is InChI=1S/C41H53N5O7/c1-28(2)24-33-40(50)45-35(25-29-14-8-7-9-15-29)41(51)46(3)22-12-5-6-13-23-53-36-17-11-10-16-32(36)38(48)44-34(26-37(47)43-33)39(49)42-27-30-18-20-31(52-4)21-19-30/h7-11,14-21,28,33-35H,5-6,12-13,22-27H2,1-4H3,(H,42,49)(H,43,47)(H,44,48)(H,45,50)/t33-,34-,35-/m0/s1. The van der Waals surface area contributed by atoms with Crippen molar-refractivity contribution < 1.29 is 33.4 Å². The van der Waals surface area contributed by atoms with E-state index in [0.717, 1.165) is 36.8 Å². The van der Waals surface area contributed by atoms with Crippen LogP contribution in [0.2, 0.25) is 0 Å². The second-order valence-electron chi connectivity index (χ2n) is 13.8. The van der Waals surface area contributed by atoms with E-state index >= 15 is 0 Å². The Bertz CT molecular complexity index is 1660. The van der Waals surface area contributed by atoms with E-state index in [1.165, 1.54) is 0 Å². The minimum Gasteiger partial charge on any atom is -0.497 e. The van der Waals surface area contributed by atoms with Gasteiger partial charge in [0.25, 0.3) is 5.91 Å². The summed E-state index contributed by atoms with van der Waals surface area (Å²) in [6.45, 7) is 4.87. The highest BCUT2D eigenvalue weighted by molar-refractivity contribution is 6.01. The summed E-state index contributed by atoms with van der Waals surface area (Å²) in [5.41, 5.74) is 1.90. The monoisotopic (exact) mass is 727 g/mol. The fourth-order valence-electron chi connectivity index (χ4n) is 6.11. The number of ether oxygens (including phenoxy) is 2. The molecule has 0 radical (unpaired) electrons. The fourth-order valence-corrected chi connectivity index (χ4v) is 6.11. The Morgan fingerprint density at radius 1 is 0.849 bits per heavy atom. The van der Waals surface area contributed by atoms with Gasteiger partial charge in [-0.1, -0.05) is 81.3 Å². The van der Waals surface area contributed by atoms with Gasteiger partial charge in [0, 0.05) is 26.6 Å². The maximum atomic E-state index is 13.9. The Kier molecular flexibility index (Phi) is 15.7. The molecule has 1 aliphatic heterocycles. The predicted molar refractivity (Wildman–Crippen MR) is 202 cm³/mol. The van der Waals surface area contributed by atoms with Crippen LogP contribution in [0, 0.1) is 5.92 Å². The van der Waals surface area contributed by atoms with Gasteiger partial charge < -0.3 is 35.6 Å². The molecule has 0 saturated heterocycles. The van der Waals surface area contributed by atoms with Gasteiger partial charge in [0.1, 0.15) is 29.6 Å². The third-order valence-electron chi connectivity index (χ3n) is 9.05. The summed E-state index contributed by atoms with van der Waals surface area (Å²) in [6, 6.07) is 20.2. The van der Waals surface area contributed by atoms with E-state index in [2.05, 4.69) is 21.3 Å². The van der Waals surface area contributed by atoms with Crippen molar-refractivity contribution in [3.05, 3.63) is 95.6 Å². The molecule has 1 heterocycles. The molecule has 0 fully saturated rings. The third kappa shape index (κ3) is 13.0. The van der Waals surface area contributed by atoms with Gasteiger partial charge in [-0.3, -0.25) is 24.0 Å². The number of rotatable bonds is 8. The maximum absolute atomic E-state index is 13.9. The first kappa shape index (κ1) is 40.4. The van der Waals surface area contributed by atoms with Gasteiger partial charge in [0.15, 0.2) is 0 Å². The summed E-state index contributed by atoms with van der Waals surface area (Å²) in [7, 11) is 3.30. The highest BCUT2D eigenvalue weighted by atomic mass is 16.5. The average Bonchev–Trinajstić information content (AvgIpc) is 3.15. The topological polar surface area (TPSA) is 155 Å². The molecule has 4 rings (SSSR count). The normalized spacial score (nSPS) is 19.8. The third-order valence-corrected chi connectivity index (χ3v) is 9.05. The van der Waals surface area contributed by atoms with Crippen molar-refractivity contribution in [2.45, 2.75) is 83.5 Å². The molecule has 1 aliphatic rings. The first-order chi connectivity index (χ1) is 25.5. The number of nitrogens with zero attached hydrogens (tertiary/aromatic N) is 1. The van der Waals surface area contributed by atoms with Crippen LogP contribution >= 0.6 is 0 Å². The van der Waals surface area contributed by atoms with Crippen molar-refractivity contribution in [2.24, 2.45) is 5.92 Å². The molecule has 12 nitrogen and oxygen atoms in total. The van der Waals surface area contributed by atoms with Gasteiger partial charge in [-0.25, -0.2) is 0 Å². The molecular weight excluding hydrogens is 674 g/mol. The first-order valence-electron chi connectivity index (χ1n) is 18.4. The smallest absolute Gasteiger partial charge is 0.255 e. The Morgan fingerprint density at radius 3 is 2.26 bits per heavy atom. The molecule has 0 spiro atoms. The molecule has 284 valence electrons. The maximum Gasteiger partial charge on any atom is 0.255 e. The second-order valence-corrected chi connectivity index (χ2v) is 13.8. The molecule has 0 saturated carbocycles. The molecule has 3 aromatic carbocycles. The zero-order valence-electron chi connectivity index (χ0n) is 31.2. The van der Waals surface area contributed by atoms with E-state index in [4.69, 9.17) is 9.47 Å². The number of methoxy groups -OCH3 is 1. The van der Waals surface area contributed by atoms with Crippen molar-refractivity contribution in [3.63, 3.8) is 0 Å². The largest absolute Gasteiger partial charge is 0.497 e. The number of hydrogen-bond donors (Lipinski definition) is 4. The minimum absolute atomic E-state index is 0.00581. The van der Waals surface area contributed by atoms with Crippen LogP contribution < -0.4 is 30.7 Å². The van der Waals surface area contributed by atoms with Crippen LogP contribution in [0.1, 0.15) is 73.9 Å². The average molecular weight is 728 g/mol. The van der Waals surface area contributed by atoms with Crippen LogP contribution in [0.25, 0.3) is 0 Å². The van der Waals surface area contributed by atoms with Crippen molar-refractivity contribution in [1.29, 1.82) is 0 Å². The van der Waals surface area contributed by atoms with Crippen molar-refractivity contribution >= 4 is 29.5 Å². The van der Waals surface area contributed by atoms with E-state index < -0.39 is 48.2 Å². The van der Waals surface area contributed by atoms with Crippen molar-refractivity contribution in [2.75, 3.05) is 27.3 Å². The first-order valence-corrected chi connectivity index (χ1v) is 18.4. The molecule has 3 atom stereocenters. The van der Waals surface area contributed by atoms with Crippen LogP contribution in [-0.2, 0) is 32.1 Å². The highest BCUT2D eigenvalue weighted by Gasteiger charge is 2.31. The van der Waals surface area contributed by atoms with E-state index in [1.807, 2.05) is 44.2 Å². The number of likely N-dealkylation sites (N-methyl/N-ethyl adjacent to an activating group) is 1. The number of carbonyl (C=O) groups is 5. The predicted octanol–water partition coefficient (Wildman–Crippen LogP) is 4.17. The number of hydrogen-bond acceptors (Lipinski definition) is 7. The molecule has 53 heavy (non-hydrogen) atoms. The minimum atomic E-state index is -1.29. The number of carbonyl (C=O) groups excluding carboxylic acids is 5. The Balaban J connectivity index is 1.61. The lowest BCUT2D eigenvalue weighted by molar-refractivity contribution is -0.137. The van der Waals surface area contributed by atoms with Crippen LogP contribution in [0.5, 0.6) is 11.5 Å². The van der Waals surface area contributed by atoms with E-state index in [-0.39, 0.29) is 36.8 Å². The van der Waals surface area contributed by atoms with Gasteiger partial charge in [-0.05, 0) is 60.6 Å². The summed E-state index contributed by atoms with van der Waals surface area (Å²) in [5, 5.41) is 11.3. The zero-order chi connectivity index (χ0) is 38.2. The van der Waals surface area contributed by atoms with E-state index in [0.29, 0.717) is 24.7 Å². The number of para-hydroxylation sites is 1. The van der Waals surface area contributed by atoms with Crippen molar-refractivity contribution in [1.82, 2.24) is 26.2 Å². The van der Waals surface area contributed by atoms with Gasteiger partial charge in [0.05, 0.1) is 25.7 Å². The molecule has 0 unspecified atom stereocenters. The van der Waals surface area contributed by atoms with Gasteiger partial charge in [-0.2, -0.15) is 0 Å². The molecular formula is C41H53N5O7. The Labute approximate surface area is 312 Å². The summed E-state index contributed by atoms with van der Waals surface area (Å²) in [4.78, 5) is 70.4. The number of amides is 5. The Morgan fingerprint density at radius 2 is 1.55 bits per heavy atom. The van der Waals surface area contributed by atoms with Crippen LogP contribution in [0.15, 0.2) is 78.9 Å². The van der Waals surface area contributed by atoms with Gasteiger partial charge in [0.2, 0.25) is 23.6 Å². The summed E-state index contributed by atoms with van der Waals surface area (Å²) in [6.07, 6.45) is 3.31. The van der Waals surface area contributed by atoms with E-state index in [9.17, 15) is 24.0 Å². The van der Waals surface area contributed by atoms with Crippen molar-refractivity contribution in [3.8, 4) is 11.5 Å². The molecule has 0 aliphatic carbocycles. The van der Waals surface area contributed by atoms with Crippen LogP contribution in [0.3, 0.4) is 0 Å². The second kappa shape index (κ2) is 20.6. The van der Waals surface area contributed by atoms with Crippen LogP contribution in [-0.4, -0.2) is 79.9 Å². The number of fused-ring (bicyclic) bond motifs is 1. The Hall–Kier alpha value is -5.39. The summed E-state index contributed by atoms with van der Waals surface area (Å²) >= 11 is 0. The van der Waals surface area contributed by atoms with Gasteiger partial charge >= 0.3 is 0 Å². The molecule has 5 amide bonds. The number of nitrogens with one attached hydrogen (secondary N) is 4. The molecule has 3 aromatic rings. The van der Waals surface area contributed by atoms with E-state index in [1.54, 1.807) is 67.6 Å². The summed E-state index contributed by atoms with van der Waals surface area (Å²) in [5.74, 6) is -1.47. The SMILES string of the molecule is COc1ccc(CNC(=O)[C@@H]2CC(=O)N[C@@H](CC(C)C)C(=O)N[C@@H](Cc3ccccc3)C(=O)N(C)CCCCCCOc3ccccc3C(=O)N2)cc1. The molecule has 12 heteroatoms. The zero-order valence-corrected chi connectivity index (χ0v) is 31.2. The lowest BCUT2D eigenvalue weighted by atomic mass is 10.0. The molecule has 0 bridgehead atoms. The quantitative estimate of drug-likeness (QED) is 0.272. The summed E-state index contributed by atoms with van der Waals surface area (Å²) < 4.78 is 11.2.